The molecule has 0 radical (unpaired) electrons. The van der Waals surface area contributed by atoms with E-state index in [1.54, 1.807) is 27.7 Å². The van der Waals surface area contributed by atoms with Gasteiger partial charge in [0.1, 0.15) is 18.1 Å². The van der Waals surface area contributed by atoms with Crippen molar-refractivity contribution in [3.8, 4) is 0 Å². The van der Waals surface area contributed by atoms with Gasteiger partial charge in [-0.2, -0.15) is 0 Å². The van der Waals surface area contributed by atoms with Crippen molar-refractivity contribution in [3.05, 3.63) is 0 Å². The topological polar surface area (TPSA) is 185 Å². The zero-order valence-electron chi connectivity index (χ0n) is 17.9. The number of hydrogen-bond acceptors (Lipinski definition) is 6. The normalized spacial score (nSPS) is 19.3. The number of primary amides is 1. The monoisotopic (exact) mass is 427 g/mol. The van der Waals surface area contributed by atoms with Gasteiger partial charge in [0.2, 0.25) is 23.6 Å². The number of rotatable bonds is 10. The number of amides is 4. The van der Waals surface area contributed by atoms with Gasteiger partial charge in [-0.3, -0.25) is 19.2 Å². The molecule has 0 saturated carbocycles. The van der Waals surface area contributed by atoms with Crippen LogP contribution >= 0.6 is 0 Å². The maximum Gasteiger partial charge on any atom is 0.326 e. The van der Waals surface area contributed by atoms with Crippen molar-refractivity contribution in [1.29, 1.82) is 0 Å². The molecule has 170 valence electrons. The molecule has 11 heteroatoms. The number of carbonyl (C=O) groups is 5. The first-order valence-corrected chi connectivity index (χ1v) is 10.0. The second kappa shape index (κ2) is 10.9. The molecule has 1 heterocycles. The van der Waals surface area contributed by atoms with E-state index in [4.69, 9.17) is 11.5 Å². The Morgan fingerprint density at radius 2 is 1.67 bits per heavy atom. The number of aliphatic carboxylic acids is 1. The maximum absolute atomic E-state index is 13.0. The number of carbonyl (C=O) groups excluding carboxylic acids is 4. The molecule has 0 aromatic heterocycles. The molecular formula is C19H33N5O6. The minimum atomic E-state index is -1.26. The summed E-state index contributed by atoms with van der Waals surface area (Å²) >= 11 is 0. The van der Waals surface area contributed by atoms with Gasteiger partial charge in [0.05, 0.1) is 12.5 Å². The molecule has 30 heavy (non-hydrogen) atoms. The van der Waals surface area contributed by atoms with Gasteiger partial charge in [0.25, 0.3) is 0 Å². The van der Waals surface area contributed by atoms with Gasteiger partial charge in [-0.25, -0.2) is 4.79 Å². The molecular weight excluding hydrogens is 394 g/mol. The van der Waals surface area contributed by atoms with Crippen LogP contribution in [0.25, 0.3) is 0 Å². The fourth-order valence-corrected chi connectivity index (χ4v) is 3.24. The fourth-order valence-electron chi connectivity index (χ4n) is 3.24. The number of likely N-dealkylation sites (tertiary alicyclic amines) is 1. The minimum absolute atomic E-state index is 0.191. The molecule has 0 spiro atoms. The van der Waals surface area contributed by atoms with Crippen LogP contribution in [0.5, 0.6) is 0 Å². The summed E-state index contributed by atoms with van der Waals surface area (Å²) in [7, 11) is 0. The van der Waals surface area contributed by atoms with Crippen LogP contribution < -0.4 is 22.1 Å². The summed E-state index contributed by atoms with van der Waals surface area (Å²) in [4.78, 5) is 62.1. The zero-order chi connectivity index (χ0) is 23.2. The lowest BCUT2D eigenvalue weighted by Crippen LogP contribution is -2.58. The summed E-state index contributed by atoms with van der Waals surface area (Å²) in [6, 6.07) is -4.13. The van der Waals surface area contributed by atoms with Crippen LogP contribution in [0, 0.1) is 11.8 Å². The zero-order valence-corrected chi connectivity index (χ0v) is 17.9. The smallest absolute Gasteiger partial charge is 0.326 e. The van der Waals surface area contributed by atoms with Crippen LogP contribution in [0.2, 0.25) is 0 Å². The lowest BCUT2D eigenvalue weighted by atomic mass is 10.0. The first kappa shape index (κ1) is 25.3. The summed E-state index contributed by atoms with van der Waals surface area (Å²) in [5.41, 5.74) is 11.0. The van der Waals surface area contributed by atoms with E-state index in [9.17, 15) is 29.1 Å². The van der Waals surface area contributed by atoms with Gasteiger partial charge in [0, 0.05) is 6.54 Å². The molecule has 0 bridgehead atoms. The average molecular weight is 428 g/mol. The summed E-state index contributed by atoms with van der Waals surface area (Å²) < 4.78 is 0. The van der Waals surface area contributed by atoms with E-state index >= 15 is 0 Å². The van der Waals surface area contributed by atoms with Crippen molar-refractivity contribution in [2.45, 2.75) is 71.1 Å². The van der Waals surface area contributed by atoms with Crippen molar-refractivity contribution in [2.24, 2.45) is 23.3 Å². The van der Waals surface area contributed by atoms with Crippen LogP contribution in [-0.2, 0) is 24.0 Å². The molecule has 0 aromatic carbocycles. The van der Waals surface area contributed by atoms with Gasteiger partial charge in [-0.15, -0.1) is 0 Å². The van der Waals surface area contributed by atoms with Gasteiger partial charge in [-0.05, 0) is 24.7 Å². The van der Waals surface area contributed by atoms with E-state index in [2.05, 4.69) is 10.6 Å². The Morgan fingerprint density at radius 1 is 1.07 bits per heavy atom. The van der Waals surface area contributed by atoms with Crippen LogP contribution in [0.1, 0.15) is 47.0 Å². The average Bonchev–Trinajstić information content (AvgIpc) is 3.12. The standard InChI is InChI=1S/C19H33N5O6/c1-9(2)14(21)17(27)22-11(8-13(20)25)18(28)24-7-5-6-12(24)16(26)23-15(10(3)4)19(29)30/h9-12,14-15H,5-8,21H2,1-4H3,(H2,20,25)(H,22,27)(H,23,26)(H,29,30). The Morgan fingerprint density at radius 3 is 2.13 bits per heavy atom. The molecule has 1 rings (SSSR count). The molecule has 7 N–H and O–H groups in total. The van der Waals surface area contributed by atoms with Crippen molar-refractivity contribution in [2.75, 3.05) is 6.54 Å². The molecule has 1 saturated heterocycles. The summed E-state index contributed by atoms with van der Waals surface area (Å²) in [5, 5.41) is 14.2. The highest BCUT2D eigenvalue weighted by Crippen LogP contribution is 2.20. The number of hydrogen-bond donors (Lipinski definition) is 5. The second-order valence-corrected chi connectivity index (χ2v) is 8.26. The van der Waals surface area contributed by atoms with Gasteiger partial charge in [0.15, 0.2) is 0 Å². The van der Waals surface area contributed by atoms with E-state index in [1.807, 2.05) is 0 Å². The van der Waals surface area contributed by atoms with Crippen molar-refractivity contribution in [1.82, 2.24) is 15.5 Å². The summed E-state index contributed by atoms with van der Waals surface area (Å²) in [6.45, 7) is 7.03. The quantitative estimate of drug-likeness (QED) is 0.282. The van der Waals surface area contributed by atoms with Gasteiger partial charge < -0.3 is 32.1 Å². The van der Waals surface area contributed by atoms with E-state index in [1.165, 1.54) is 4.90 Å². The van der Waals surface area contributed by atoms with E-state index in [-0.39, 0.29) is 18.4 Å². The van der Waals surface area contributed by atoms with Gasteiger partial charge >= 0.3 is 5.97 Å². The molecule has 1 fully saturated rings. The minimum Gasteiger partial charge on any atom is -0.480 e. The van der Waals surface area contributed by atoms with Crippen LogP contribution in [0.3, 0.4) is 0 Å². The number of carboxylic acid groups (broad SMARTS) is 1. The third-order valence-electron chi connectivity index (χ3n) is 5.11. The van der Waals surface area contributed by atoms with Crippen LogP contribution in [0.4, 0.5) is 0 Å². The predicted octanol–water partition coefficient (Wildman–Crippen LogP) is -1.45. The predicted molar refractivity (Wildman–Crippen MR) is 108 cm³/mol. The number of nitrogens with two attached hydrogens (primary N) is 2. The third-order valence-corrected chi connectivity index (χ3v) is 5.11. The van der Waals surface area contributed by atoms with Crippen molar-refractivity contribution >= 4 is 29.6 Å². The molecule has 4 unspecified atom stereocenters. The largest absolute Gasteiger partial charge is 0.480 e. The number of nitrogens with zero attached hydrogens (tertiary/aromatic N) is 1. The first-order valence-electron chi connectivity index (χ1n) is 10.0. The highest BCUT2D eigenvalue weighted by molar-refractivity contribution is 5.96. The molecule has 1 aliphatic rings. The maximum atomic E-state index is 13.0. The fraction of sp³-hybridized carbons (Fsp3) is 0.737. The SMILES string of the molecule is CC(C)C(N)C(=O)NC(CC(N)=O)C(=O)N1CCCC1C(=O)NC(C(=O)O)C(C)C. The van der Waals surface area contributed by atoms with Gasteiger partial charge in [-0.1, -0.05) is 27.7 Å². The first-order chi connectivity index (χ1) is 13.9. The Bertz CT molecular complexity index is 680. The number of nitrogens with one attached hydrogen (secondary N) is 2. The van der Waals surface area contributed by atoms with E-state index in [0.29, 0.717) is 12.8 Å². The summed E-state index contributed by atoms with van der Waals surface area (Å²) in [6.07, 6.45) is 0.417. The molecule has 4 atom stereocenters. The lowest BCUT2D eigenvalue weighted by Gasteiger charge is -2.30. The Kier molecular flexibility index (Phi) is 9.22. The van der Waals surface area contributed by atoms with Crippen molar-refractivity contribution in [3.63, 3.8) is 0 Å². The molecule has 4 amide bonds. The Balaban J connectivity index is 2.99. The Labute approximate surface area is 175 Å². The number of carboxylic acids is 1. The molecule has 0 aliphatic carbocycles. The molecule has 0 aromatic rings. The van der Waals surface area contributed by atoms with Crippen LogP contribution in [-0.4, -0.2) is 70.3 Å². The van der Waals surface area contributed by atoms with E-state index < -0.39 is 60.2 Å². The molecule has 1 aliphatic heterocycles. The Hall–Kier alpha value is -2.69. The van der Waals surface area contributed by atoms with Crippen LogP contribution in [0.15, 0.2) is 0 Å². The highest BCUT2D eigenvalue weighted by atomic mass is 16.4. The van der Waals surface area contributed by atoms with Crippen molar-refractivity contribution < 1.29 is 29.1 Å². The highest BCUT2D eigenvalue weighted by Gasteiger charge is 2.40. The second-order valence-electron chi connectivity index (χ2n) is 8.26. The van der Waals surface area contributed by atoms with E-state index in [0.717, 1.165) is 0 Å². The summed E-state index contributed by atoms with van der Waals surface area (Å²) in [5.74, 6) is -4.33. The lowest BCUT2D eigenvalue weighted by molar-refractivity contribution is -0.146. The molecule has 11 nitrogen and oxygen atoms in total. The third kappa shape index (κ3) is 6.68.